The molecule has 0 rings (SSSR count). The minimum atomic E-state index is 1.57. The minimum absolute atomic E-state index is 1.57. The molecule has 40 valence electrons. The molecule has 0 fully saturated rings. The maximum atomic E-state index is 3.62. The average Bonchev–Trinajstić information content (AvgIpc) is 1.61. The molecule has 0 amide bonds. The van der Waals surface area contributed by atoms with Crippen LogP contribution in [0.25, 0.3) is 0 Å². The lowest BCUT2D eigenvalue weighted by molar-refractivity contribution is -0.293. The summed E-state index contributed by atoms with van der Waals surface area (Å²) in [5.41, 5.74) is 0. The highest BCUT2D eigenvalue weighted by molar-refractivity contribution is 7.96. The van der Waals surface area contributed by atoms with Gasteiger partial charge < -0.3 is 0 Å². The molecule has 0 heterocycles. The van der Waals surface area contributed by atoms with Gasteiger partial charge in [-0.2, -0.15) is 3.98 Å². The molecule has 0 radical (unpaired) electrons. The van der Waals surface area contributed by atoms with Crippen LogP contribution in [0.15, 0.2) is 11.5 Å². The van der Waals surface area contributed by atoms with Gasteiger partial charge in [-0.1, -0.05) is 6.08 Å². The average molecular weight is 116 g/mol. The molecule has 1 nitrogen and oxygen atoms in total. The van der Waals surface area contributed by atoms with E-state index >= 15 is 0 Å². The van der Waals surface area contributed by atoms with Gasteiger partial charge >= 0.3 is 0 Å². The Labute approximate surface area is 48.9 Å². The highest BCUT2D eigenvalue weighted by Gasteiger charge is 1.82. The molecule has 7 heavy (non-hydrogen) atoms. The summed E-state index contributed by atoms with van der Waals surface area (Å²) in [5.74, 6) is 0. The summed E-state index contributed by atoms with van der Waals surface area (Å²) < 4.78 is 1.79. The van der Waals surface area contributed by atoms with E-state index in [4.69, 9.17) is 0 Å². The predicted octanol–water partition coefficient (Wildman–Crippen LogP) is 1.51. The lowest BCUT2D eigenvalue weighted by atomic mass is 10.8. The highest BCUT2D eigenvalue weighted by atomic mass is 32.2. The van der Waals surface area contributed by atoms with Gasteiger partial charge in [-0.25, -0.2) is 0 Å². The maximum Gasteiger partial charge on any atom is 0.187 e. The number of hydrogen-bond acceptors (Lipinski definition) is 1. The van der Waals surface area contributed by atoms with Crippen molar-refractivity contribution in [2.24, 2.45) is 0 Å². The summed E-state index contributed by atoms with van der Waals surface area (Å²) >= 11 is 1.57. The van der Waals surface area contributed by atoms with Crippen LogP contribution in [-0.4, -0.2) is 17.7 Å². The summed E-state index contributed by atoms with van der Waals surface area (Å²) in [6, 6.07) is 0. The molecule has 0 saturated carbocycles. The van der Waals surface area contributed by atoms with Gasteiger partial charge in [0.05, 0.1) is 0 Å². The summed E-state index contributed by atoms with van der Waals surface area (Å²) in [6.07, 6.45) is 1.98. The van der Waals surface area contributed by atoms with Crippen LogP contribution in [0.2, 0.25) is 0 Å². The van der Waals surface area contributed by atoms with E-state index in [1.165, 1.54) is 0 Å². The zero-order valence-electron chi connectivity index (χ0n) is 4.72. The normalized spacial score (nSPS) is 10.0. The van der Waals surface area contributed by atoms with Crippen LogP contribution < -0.4 is 0 Å². The van der Waals surface area contributed by atoms with Crippen LogP contribution in [-0.2, 0) is 0 Å². The largest absolute Gasteiger partial charge is 0.187 e. The van der Waals surface area contributed by atoms with Crippen LogP contribution in [0.5, 0.6) is 0 Å². The third kappa shape index (κ3) is 5.76. The second-order valence-corrected chi connectivity index (χ2v) is 2.31. The van der Waals surface area contributed by atoms with Gasteiger partial charge in [-0.15, -0.1) is 0 Å². The Bertz CT molecular complexity index is 86.1. The highest BCUT2D eigenvalue weighted by Crippen LogP contribution is 1.97. The molecule has 0 aliphatic rings. The fourth-order valence-corrected chi connectivity index (χ4v) is 0.494. The topological polar surface area (TPSA) is 3.01 Å². The summed E-state index contributed by atoms with van der Waals surface area (Å²) in [6.45, 7) is 5.60. The monoisotopic (exact) mass is 116 g/mol. The molecule has 0 aliphatic heterocycles. The van der Waals surface area contributed by atoms with E-state index in [0.29, 0.717) is 0 Å². The van der Waals surface area contributed by atoms with Crippen LogP contribution in [0.4, 0.5) is 0 Å². The van der Waals surface area contributed by atoms with Crippen molar-refractivity contribution in [2.45, 2.75) is 6.92 Å². The van der Waals surface area contributed by atoms with E-state index in [-0.39, 0.29) is 0 Å². The van der Waals surface area contributed by atoms with Crippen molar-refractivity contribution in [2.75, 3.05) is 7.05 Å². The quantitative estimate of drug-likeness (QED) is 0.300. The number of rotatable bonds is 2. The Kier molecular flexibility index (Phi) is 3.80. The molecular weight excluding hydrogens is 106 g/mol. The van der Waals surface area contributed by atoms with E-state index in [2.05, 4.69) is 6.72 Å². The number of hydrogen-bond donors (Lipinski definition) is 0. The van der Waals surface area contributed by atoms with E-state index < -0.39 is 0 Å². The SMILES string of the molecule is C=[N+](C)S/C=C\C. The maximum absolute atomic E-state index is 3.62. The molecule has 0 saturated heterocycles. The standard InChI is InChI=1S/C5H10NS/c1-4-5-7-6(2)3/h4-5H,2H2,1,3H3/q+1/b5-4-. The molecule has 0 spiro atoms. The van der Waals surface area contributed by atoms with Crippen LogP contribution in [0.3, 0.4) is 0 Å². The van der Waals surface area contributed by atoms with Crippen LogP contribution in [0.1, 0.15) is 6.92 Å². The molecule has 2 heteroatoms. The molecule has 0 N–H and O–H groups in total. The van der Waals surface area contributed by atoms with Gasteiger partial charge in [0, 0.05) is 5.41 Å². The third-order valence-electron chi connectivity index (χ3n) is 0.377. The fraction of sp³-hybridized carbons (Fsp3) is 0.400. The smallest absolute Gasteiger partial charge is 0.171 e. The zero-order valence-corrected chi connectivity index (χ0v) is 5.53. The van der Waals surface area contributed by atoms with Crippen molar-refractivity contribution >= 4 is 18.7 Å². The van der Waals surface area contributed by atoms with Crippen molar-refractivity contribution in [3.05, 3.63) is 11.5 Å². The Hall–Kier alpha value is -0.240. The molecular formula is C5H10NS+. The van der Waals surface area contributed by atoms with Crippen molar-refractivity contribution < 1.29 is 3.98 Å². The molecule has 0 atom stereocenters. The second kappa shape index (κ2) is 3.93. The van der Waals surface area contributed by atoms with Crippen molar-refractivity contribution in [1.29, 1.82) is 0 Å². The van der Waals surface area contributed by atoms with Gasteiger partial charge in [-0.3, -0.25) is 0 Å². The summed E-state index contributed by atoms with van der Waals surface area (Å²) in [5, 5.41) is 1.98. The van der Waals surface area contributed by atoms with Crippen molar-refractivity contribution in [3.63, 3.8) is 0 Å². The van der Waals surface area contributed by atoms with Gasteiger partial charge in [0.2, 0.25) is 0 Å². The van der Waals surface area contributed by atoms with E-state index in [1.807, 2.05) is 25.5 Å². The molecule has 0 unspecified atom stereocenters. The Morgan fingerprint density at radius 2 is 2.29 bits per heavy atom. The molecule has 0 aliphatic carbocycles. The van der Waals surface area contributed by atoms with E-state index in [9.17, 15) is 0 Å². The van der Waals surface area contributed by atoms with Crippen molar-refractivity contribution in [1.82, 2.24) is 0 Å². The van der Waals surface area contributed by atoms with Crippen molar-refractivity contribution in [3.8, 4) is 0 Å². The zero-order chi connectivity index (χ0) is 5.70. The van der Waals surface area contributed by atoms with Gasteiger partial charge in [0.15, 0.2) is 11.9 Å². The molecule has 0 aromatic rings. The van der Waals surface area contributed by atoms with Gasteiger partial charge in [0.25, 0.3) is 0 Å². The first-order chi connectivity index (χ1) is 3.27. The fourth-order valence-electron chi connectivity index (χ4n) is 0.165. The first-order valence-electron chi connectivity index (χ1n) is 2.09. The number of nitrogens with zero attached hydrogens (tertiary/aromatic N) is 1. The molecule has 0 aromatic carbocycles. The van der Waals surface area contributed by atoms with E-state index in [1.54, 1.807) is 15.9 Å². The summed E-state index contributed by atoms with van der Waals surface area (Å²) in [7, 11) is 1.91. The lowest BCUT2D eigenvalue weighted by Crippen LogP contribution is -1.82. The second-order valence-electron chi connectivity index (χ2n) is 1.20. The first kappa shape index (κ1) is 6.76. The molecule has 0 aromatic heterocycles. The molecule has 0 bridgehead atoms. The van der Waals surface area contributed by atoms with Gasteiger partial charge in [-0.05, 0) is 6.92 Å². The van der Waals surface area contributed by atoms with Gasteiger partial charge in [0.1, 0.15) is 13.8 Å². The van der Waals surface area contributed by atoms with Crippen LogP contribution >= 0.6 is 11.9 Å². The lowest BCUT2D eigenvalue weighted by Gasteiger charge is -1.77. The summed E-state index contributed by atoms with van der Waals surface area (Å²) in [4.78, 5) is 0. The minimum Gasteiger partial charge on any atom is -0.171 e. The predicted molar refractivity (Wildman–Crippen MR) is 35.7 cm³/mol. The Balaban J connectivity index is 3.14. The first-order valence-corrected chi connectivity index (χ1v) is 2.93. The number of allylic oxidation sites excluding steroid dienone is 1. The van der Waals surface area contributed by atoms with Crippen LogP contribution in [0, 0.1) is 0 Å². The van der Waals surface area contributed by atoms with E-state index in [0.717, 1.165) is 0 Å². The Morgan fingerprint density at radius 1 is 1.71 bits per heavy atom. The third-order valence-corrected chi connectivity index (χ3v) is 1.13. The Morgan fingerprint density at radius 3 is 2.43 bits per heavy atom.